The summed E-state index contributed by atoms with van der Waals surface area (Å²) in [5.41, 5.74) is 2.19. The quantitative estimate of drug-likeness (QED) is 0.554. The highest BCUT2D eigenvalue weighted by Crippen LogP contribution is 2.13. The molecule has 0 saturated heterocycles. The van der Waals surface area contributed by atoms with E-state index in [1.165, 1.54) is 11.9 Å². The van der Waals surface area contributed by atoms with Crippen LogP contribution in [-0.2, 0) is 0 Å². The predicted octanol–water partition coefficient (Wildman–Crippen LogP) is 1.46. The molecule has 0 atom stereocenters. The minimum Gasteiger partial charge on any atom is -0.391 e. The summed E-state index contributed by atoms with van der Waals surface area (Å²) in [6.07, 6.45) is 7.61. The zero-order chi connectivity index (χ0) is 7.40. The zero-order valence-electron chi connectivity index (χ0n) is 6.15. The molecule has 0 aromatic rings. The molecule has 0 heterocycles. The summed E-state index contributed by atoms with van der Waals surface area (Å²) >= 11 is 0. The summed E-state index contributed by atoms with van der Waals surface area (Å²) < 4.78 is 0. The summed E-state index contributed by atoms with van der Waals surface area (Å²) in [4.78, 5) is 0. The van der Waals surface area contributed by atoms with Gasteiger partial charge in [-0.2, -0.15) is 0 Å². The van der Waals surface area contributed by atoms with Gasteiger partial charge in [-0.3, -0.25) is 0 Å². The van der Waals surface area contributed by atoms with Crippen molar-refractivity contribution < 1.29 is 0 Å². The fourth-order valence-corrected chi connectivity index (χ4v) is 1.09. The van der Waals surface area contributed by atoms with Crippen LogP contribution in [0.25, 0.3) is 0 Å². The van der Waals surface area contributed by atoms with Crippen molar-refractivity contribution in [3.63, 3.8) is 0 Å². The minimum atomic E-state index is 1.01. The fraction of sp³-hybridized carbons (Fsp3) is 0.375. The van der Waals surface area contributed by atoms with Gasteiger partial charge in [-0.15, -0.1) is 0 Å². The van der Waals surface area contributed by atoms with E-state index >= 15 is 0 Å². The molecule has 54 valence electrons. The summed E-state index contributed by atoms with van der Waals surface area (Å²) in [7, 11) is 1.90. The summed E-state index contributed by atoms with van der Waals surface area (Å²) in [5, 5.41) is 10.1. The zero-order valence-corrected chi connectivity index (χ0v) is 6.15. The van der Waals surface area contributed by atoms with Crippen LogP contribution in [0.2, 0.25) is 0 Å². The Hall–Kier alpha value is -1.05. The second-order valence-corrected chi connectivity index (χ2v) is 2.27. The van der Waals surface area contributed by atoms with E-state index in [0.29, 0.717) is 0 Å². The van der Waals surface area contributed by atoms with Crippen molar-refractivity contribution in [1.82, 2.24) is 5.32 Å². The molecular weight excluding hydrogens is 124 g/mol. The van der Waals surface area contributed by atoms with Gasteiger partial charge in [-0.1, -0.05) is 12.2 Å². The third-order valence-electron chi connectivity index (χ3n) is 1.66. The molecule has 0 fully saturated rings. The van der Waals surface area contributed by atoms with Gasteiger partial charge >= 0.3 is 0 Å². The van der Waals surface area contributed by atoms with E-state index in [4.69, 9.17) is 5.41 Å². The normalized spacial score (nSPS) is 17.3. The van der Waals surface area contributed by atoms with Crippen LogP contribution >= 0.6 is 0 Å². The second-order valence-electron chi connectivity index (χ2n) is 2.27. The number of rotatable bonds is 2. The summed E-state index contributed by atoms with van der Waals surface area (Å²) in [6, 6.07) is 0. The Labute approximate surface area is 61.1 Å². The predicted molar refractivity (Wildman–Crippen MR) is 43.2 cm³/mol. The van der Waals surface area contributed by atoms with E-state index in [-0.39, 0.29) is 0 Å². The molecule has 0 bridgehead atoms. The van der Waals surface area contributed by atoms with Crippen LogP contribution in [0.1, 0.15) is 12.8 Å². The maximum Gasteiger partial charge on any atom is 0.0267 e. The van der Waals surface area contributed by atoms with Gasteiger partial charge in [0.25, 0.3) is 0 Å². The lowest BCUT2D eigenvalue weighted by atomic mass is 10.0. The van der Waals surface area contributed by atoms with Crippen molar-refractivity contribution in [2.45, 2.75) is 12.8 Å². The van der Waals surface area contributed by atoms with Gasteiger partial charge in [0, 0.05) is 24.5 Å². The van der Waals surface area contributed by atoms with Crippen LogP contribution in [0, 0.1) is 5.41 Å². The smallest absolute Gasteiger partial charge is 0.0267 e. The van der Waals surface area contributed by atoms with E-state index in [9.17, 15) is 0 Å². The van der Waals surface area contributed by atoms with E-state index in [1.807, 2.05) is 13.1 Å². The van der Waals surface area contributed by atoms with Crippen LogP contribution in [0.3, 0.4) is 0 Å². The first-order chi connectivity index (χ1) is 4.88. The highest BCUT2D eigenvalue weighted by molar-refractivity contribution is 5.81. The van der Waals surface area contributed by atoms with Gasteiger partial charge in [-0.25, -0.2) is 0 Å². The van der Waals surface area contributed by atoms with Crippen molar-refractivity contribution >= 4 is 6.21 Å². The number of hydrogen-bond acceptors (Lipinski definition) is 2. The molecule has 2 heteroatoms. The molecule has 0 saturated carbocycles. The maximum atomic E-state index is 7.06. The summed E-state index contributed by atoms with van der Waals surface area (Å²) in [5.74, 6) is 0. The topological polar surface area (TPSA) is 35.9 Å². The Balaban J connectivity index is 2.83. The molecule has 0 unspecified atom stereocenters. The molecule has 2 N–H and O–H groups in total. The molecule has 10 heavy (non-hydrogen) atoms. The van der Waals surface area contributed by atoms with E-state index in [2.05, 4.69) is 11.4 Å². The van der Waals surface area contributed by atoms with Crippen molar-refractivity contribution in [2.75, 3.05) is 7.05 Å². The summed E-state index contributed by atoms with van der Waals surface area (Å²) in [6.45, 7) is 0. The van der Waals surface area contributed by atoms with Gasteiger partial charge < -0.3 is 10.7 Å². The van der Waals surface area contributed by atoms with E-state index in [1.54, 1.807) is 0 Å². The molecule has 1 rings (SSSR count). The van der Waals surface area contributed by atoms with Gasteiger partial charge in [0.2, 0.25) is 0 Å². The first-order valence-electron chi connectivity index (χ1n) is 3.46. The first-order valence-corrected chi connectivity index (χ1v) is 3.46. The molecule has 0 aliphatic heterocycles. The van der Waals surface area contributed by atoms with Gasteiger partial charge in [-0.05, 0) is 12.8 Å². The Morgan fingerprint density at radius 3 is 3.00 bits per heavy atom. The average Bonchev–Trinajstić information content (AvgIpc) is 2.04. The highest BCUT2D eigenvalue weighted by atomic mass is 14.8. The van der Waals surface area contributed by atoms with Crippen LogP contribution in [-0.4, -0.2) is 13.3 Å². The van der Waals surface area contributed by atoms with E-state index < -0.39 is 0 Å². The molecule has 0 radical (unpaired) electrons. The van der Waals surface area contributed by atoms with Crippen LogP contribution in [0.15, 0.2) is 23.4 Å². The third-order valence-corrected chi connectivity index (χ3v) is 1.66. The molecule has 0 spiro atoms. The Morgan fingerprint density at radius 1 is 1.70 bits per heavy atom. The lowest BCUT2D eigenvalue weighted by molar-refractivity contribution is 0.834. The number of nitrogens with one attached hydrogen (secondary N) is 2. The number of hydrogen-bond donors (Lipinski definition) is 2. The molecule has 1 aliphatic carbocycles. The first kappa shape index (κ1) is 7.06. The molecule has 0 amide bonds. The molecule has 2 nitrogen and oxygen atoms in total. The minimum absolute atomic E-state index is 1.01. The van der Waals surface area contributed by atoms with Crippen molar-refractivity contribution in [3.05, 3.63) is 23.4 Å². The van der Waals surface area contributed by atoms with Gasteiger partial charge in [0.15, 0.2) is 0 Å². The largest absolute Gasteiger partial charge is 0.391 e. The van der Waals surface area contributed by atoms with Gasteiger partial charge in [0.05, 0.1) is 0 Å². The van der Waals surface area contributed by atoms with Crippen molar-refractivity contribution in [3.8, 4) is 0 Å². The van der Waals surface area contributed by atoms with Crippen LogP contribution < -0.4 is 5.32 Å². The Kier molecular flexibility index (Phi) is 2.26. The molecule has 0 aromatic carbocycles. The van der Waals surface area contributed by atoms with Gasteiger partial charge in [0.1, 0.15) is 0 Å². The van der Waals surface area contributed by atoms with Crippen LogP contribution in [0.4, 0.5) is 0 Å². The van der Waals surface area contributed by atoms with Crippen LogP contribution in [0.5, 0.6) is 0 Å². The maximum absolute atomic E-state index is 7.06. The Bertz CT molecular complexity index is 189. The lowest BCUT2D eigenvalue weighted by Gasteiger charge is -2.11. The molecule has 1 aliphatic rings. The monoisotopic (exact) mass is 136 g/mol. The average molecular weight is 136 g/mol. The van der Waals surface area contributed by atoms with Crippen molar-refractivity contribution in [1.29, 1.82) is 5.41 Å². The van der Waals surface area contributed by atoms with E-state index in [0.717, 1.165) is 18.4 Å². The number of allylic oxidation sites excluding steroid dienone is 4. The SMILES string of the molecule is CNC1=C(C=N)C=CCC1. The second kappa shape index (κ2) is 3.20. The molecular formula is C8H12N2. The lowest BCUT2D eigenvalue weighted by Crippen LogP contribution is -2.10. The Morgan fingerprint density at radius 2 is 2.50 bits per heavy atom. The molecule has 0 aromatic heterocycles. The fourth-order valence-electron chi connectivity index (χ4n) is 1.09. The third kappa shape index (κ3) is 1.26. The highest BCUT2D eigenvalue weighted by Gasteiger charge is 2.02. The standard InChI is InChI=1S/C8H12N2/c1-10-8-5-3-2-4-7(8)6-9/h2,4,6,9-10H,3,5H2,1H3. The van der Waals surface area contributed by atoms with Crippen molar-refractivity contribution in [2.24, 2.45) is 0 Å².